The summed E-state index contributed by atoms with van der Waals surface area (Å²) in [7, 11) is 0. The van der Waals surface area contributed by atoms with E-state index in [9.17, 15) is 20.4 Å². The lowest BCUT2D eigenvalue weighted by Crippen LogP contribution is -2.59. The van der Waals surface area contributed by atoms with Crippen LogP contribution < -0.4 is 0 Å². The lowest BCUT2D eigenvalue weighted by molar-refractivity contribution is -0.180. The van der Waals surface area contributed by atoms with Crippen molar-refractivity contribution in [1.29, 1.82) is 0 Å². The highest BCUT2D eigenvalue weighted by Gasteiger charge is 2.65. The molecule has 0 aromatic heterocycles. The molecule has 4 aliphatic carbocycles. The topological polar surface area (TPSA) is 80.9 Å². The second kappa shape index (κ2) is 5.92. The van der Waals surface area contributed by atoms with Gasteiger partial charge >= 0.3 is 0 Å². The summed E-state index contributed by atoms with van der Waals surface area (Å²) in [4.78, 5) is 0. The van der Waals surface area contributed by atoms with E-state index in [4.69, 9.17) is 0 Å². The monoisotopic (exact) mass is 352 g/mol. The fourth-order valence-corrected chi connectivity index (χ4v) is 8.11. The molecule has 4 aliphatic rings. The van der Waals surface area contributed by atoms with Gasteiger partial charge in [0.05, 0.1) is 24.4 Å². The highest BCUT2D eigenvalue weighted by Crippen LogP contribution is 2.67. The molecule has 4 heteroatoms. The second-order valence-corrected chi connectivity index (χ2v) is 10.3. The van der Waals surface area contributed by atoms with Gasteiger partial charge in [-0.15, -0.1) is 0 Å². The Kier molecular flexibility index (Phi) is 4.31. The van der Waals surface area contributed by atoms with Crippen LogP contribution in [-0.4, -0.2) is 44.8 Å². The standard InChI is InChI=1S/C21H36O4/c1-11(22)19-17(24)9-16-14-5-4-12-8-13(23)6-7-20(12,2)15(14)10-18(25)21(16,19)3/h11-19,22-25H,4-10H2,1-3H3/t11-,12?,13+,14-,15+,16+,17+,18-,19+,20+,21-/m1/s1. The van der Waals surface area contributed by atoms with Crippen LogP contribution in [0, 0.1) is 40.4 Å². The molecule has 1 unspecified atom stereocenters. The van der Waals surface area contributed by atoms with Gasteiger partial charge in [0.1, 0.15) is 0 Å². The molecule has 0 spiro atoms. The number of fused-ring (bicyclic) bond motifs is 5. The van der Waals surface area contributed by atoms with Gasteiger partial charge in [0.15, 0.2) is 0 Å². The zero-order chi connectivity index (χ0) is 18.1. The maximum Gasteiger partial charge on any atom is 0.0604 e. The molecule has 0 amide bonds. The van der Waals surface area contributed by atoms with Crippen molar-refractivity contribution in [3.8, 4) is 0 Å². The van der Waals surface area contributed by atoms with Gasteiger partial charge in [0.25, 0.3) is 0 Å². The molecule has 0 bridgehead atoms. The molecular weight excluding hydrogens is 316 g/mol. The molecule has 4 rings (SSSR count). The van der Waals surface area contributed by atoms with Crippen LogP contribution in [0.5, 0.6) is 0 Å². The van der Waals surface area contributed by atoms with Gasteiger partial charge in [-0.25, -0.2) is 0 Å². The summed E-state index contributed by atoms with van der Waals surface area (Å²) in [5, 5.41) is 42.3. The van der Waals surface area contributed by atoms with Gasteiger partial charge in [0, 0.05) is 11.3 Å². The van der Waals surface area contributed by atoms with Crippen LogP contribution in [0.4, 0.5) is 0 Å². The first kappa shape index (κ1) is 18.2. The lowest BCUT2D eigenvalue weighted by atomic mass is 9.44. The van der Waals surface area contributed by atoms with E-state index in [1.807, 2.05) is 0 Å². The van der Waals surface area contributed by atoms with Gasteiger partial charge in [-0.2, -0.15) is 0 Å². The third kappa shape index (κ3) is 2.40. The molecule has 0 radical (unpaired) electrons. The zero-order valence-electron chi connectivity index (χ0n) is 15.9. The van der Waals surface area contributed by atoms with Gasteiger partial charge in [-0.3, -0.25) is 0 Å². The Labute approximate surface area is 151 Å². The number of aliphatic hydroxyl groups excluding tert-OH is 4. The fourth-order valence-electron chi connectivity index (χ4n) is 8.11. The minimum atomic E-state index is -0.590. The van der Waals surface area contributed by atoms with E-state index in [1.165, 1.54) is 0 Å². The average molecular weight is 353 g/mol. The number of hydrogen-bond donors (Lipinski definition) is 4. The van der Waals surface area contributed by atoms with E-state index in [0.29, 0.717) is 30.1 Å². The maximum atomic E-state index is 11.2. The Morgan fingerprint density at radius 1 is 0.920 bits per heavy atom. The first-order valence-corrected chi connectivity index (χ1v) is 10.4. The number of aliphatic hydroxyl groups is 4. The van der Waals surface area contributed by atoms with E-state index in [-0.39, 0.29) is 22.9 Å². The lowest BCUT2D eigenvalue weighted by Gasteiger charge is -2.62. The zero-order valence-corrected chi connectivity index (χ0v) is 15.9. The molecule has 144 valence electrons. The van der Waals surface area contributed by atoms with Crippen LogP contribution in [0.3, 0.4) is 0 Å². The molecule has 4 nitrogen and oxygen atoms in total. The Balaban J connectivity index is 1.68. The normalized spacial score (nSPS) is 59.6. The Hall–Kier alpha value is -0.160. The molecule has 0 aliphatic heterocycles. The molecule has 4 fully saturated rings. The molecule has 4 N–H and O–H groups in total. The van der Waals surface area contributed by atoms with E-state index < -0.39 is 18.3 Å². The summed E-state index contributed by atoms with van der Waals surface area (Å²) in [6.45, 7) is 6.28. The molecule has 4 saturated carbocycles. The van der Waals surface area contributed by atoms with Gasteiger partial charge in [0.2, 0.25) is 0 Å². The Morgan fingerprint density at radius 2 is 1.64 bits per heavy atom. The largest absolute Gasteiger partial charge is 0.393 e. The minimum Gasteiger partial charge on any atom is -0.393 e. The van der Waals surface area contributed by atoms with Crippen LogP contribution in [0.15, 0.2) is 0 Å². The molecular formula is C21H36O4. The van der Waals surface area contributed by atoms with Crippen molar-refractivity contribution in [1.82, 2.24) is 0 Å². The van der Waals surface area contributed by atoms with Crippen molar-refractivity contribution < 1.29 is 20.4 Å². The van der Waals surface area contributed by atoms with Crippen LogP contribution >= 0.6 is 0 Å². The van der Waals surface area contributed by atoms with Crippen LogP contribution in [0.25, 0.3) is 0 Å². The van der Waals surface area contributed by atoms with Crippen LogP contribution in [0.1, 0.15) is 65.7 Å². The van der Waals surface area contributed by atoms with Crippen molar-refractivity contribution in [2.75, 3.05) is 0 Å². The first-order valence-electron chi connectivity index (χ1n) is 10.4. The van der Waals surface area contributed by atoms with Gasteiger partial charge in [-0.1, -0.05) is 13.8 Å². The predicted molar refractivity (Wildman–Crippen MR) is 95.7 cm³/mol. The van der Waals surface area contributed by atoms with Gasteiger partial charge in [-0.05, 0) is 81.0 Å². The summed E-state index contributed by atoms with van der Waals surface area (Å²) in [5.74, 6) is 1.63. The summed E-state index contributed by atoms with van der Waals surface area (Å²) < 4.78 is 0. The molecule has 0 aromatic rings. The van der Waals surface area contributed by atoms with E-state index in [1.54, 1.807) is 6.92 Å². The number of hydrogen-bond acceptors (Lipinski definition) is 4. The maximum absolute atomic E-state index is 11.2. The highest BCUT2D eigenvalue weighted by molar-refractivity contribution is 5.14. The molecule has 25 heavy (non-hydrogen) atoms. The average Bonchev–Trinajstić information content (AvgIpc) is 2.81. The summed E-state index contributed by atoms with van der Waals surface area (Å²) in [6, 6.07) is 0. The molecule has 0 aromatic carbocycles. The van der Waals surface area contributed by atoms with E-state index >= 15 is 0 Å². The van der Waals surface area contributed by atoms with Crippen LogP contribution in [-0.2, 0) is 0 Å². The molecule has 11 atom stereocenters. The minimum absolute atomic E-state index is 0.152. The molecule has 0 heterocycles. The van der Waals surface area contributed by atoms with Crippen molar-refractivity contribution >= 4 is 0 Å². The second-order valence-electron chi connectivity index (χ2n) is 10.3. The van der Waals surface area contributed by atoms with E-state index in [0.717, 1.165) is 38.5 Å². The fraction of sp³-hybridized carbons (Fsp3) is 1.00. The number of rotatable bonds is 1. The predicted octanol–water partition coefficient (Wildman–Crippen LogP) is 2.33. The summed E-state index contributed by atoms with van der Waals surface area (Å²) in [5.41, 5.74) is -0.176. The van der Waals surface area contributed by atoms with Crippen molar-refractivity contribution in [2.24, 2.45) is 40.4 Å². The van der Waals surface area contributed by atoms with Crippen molar-refractivity contribution in [3.05, 3.63) is 0 Å². The highest BCUT2D eigenvalue weighted by atomic mass is 16.3. The van der Waals surface area contributed by atoms with Gasteiger partial charge < -0.3 is 20.4 Å². The van der Waals surface area contributed by atoms with E-state index in [2.05, 4.69) is 13.8 Å². The third-order valence-electron chi connectivity index (χ3n) is 9.38. The van der Waals surface area contributed by atoms with Crippen LogP contribution in [0.2, 0.25) is 0 Å². The van der Waals surface area contributed by atoms with Crippen molar-refractivity contribution in [3.63, 3.8) is 0 Å². The summed E-state index contributed by atoms with van der Waals surface area (Å²) in [6.07, 6.45) is 4.94. The SMILES string of the molecule is C[C@@H](O)[C@H]1[C@@H](O)C[C@H]2[C@@H]3CCC4C[C@@H](O)CC[C@]4(C)[C@H]3C[C@@H](O)[C@]12C. The quantitative estimate of drug-likeness (QED) is 0.584. The third-order valence-corrected chi connectivity index (χ3v) is 9.38. The Bertz CT molecular complexity index is 522. The molecule has 0 saturated heterocycles. The Morgan fingerprint density at radius 3 is 2.32 bits per heavy atom. The first-order chi connectivity index (χ1) is 11.7. The summed E-state index contributed by atoms with van der Waals surface area (Å²) >= 11 is 0. The van der Waals surface area contributed by atoms with Crippen molar-refractivity contribution in [2.45, 2.75) is 90.1 Å². The smallest absolute Gasteiger partial charge is 0.0604 e.